The maximum atomic E-state index is 12.3. The Morgan fingerprint density at radius 1 is 0.875 bits per heavy atom. The Labute approximate surface area is 240 Å². The van der Waals surface area contributed by atoms with E-state index in [4.69, 9.17) is 9.84 Å². The Balaban J connectivity index is 0.00000277. The van der Waals surface area contributed by atoms with Crippen LogP contribution >= 0.6 is 0 Å². The van der Waals surface area contributed by atoms with Crippen LogP contribution in [0.4, 0.5) is 0 Å². The minimum Gasteiger partial charge on any atom is -0.481 e. The smallest absolute Gasteiger partial charge is 0.320 e. The first-order chi connectivity index (χ1) is 18.9. The normalized spacial score (nSPS) is 18.4. The van der Waals surface area contributed by atoms with E-state index in [0.29, 0.717) is 37.9 Å². The van der Waals surface area contributed by atoms with Crippen LogP contribution < -0.4 is 0 Å². The van der Waals surface area contributed by atoms with Gasteiger partial charge in [0, 0.05) is 38.1 Å². The molecule has 1 fully saturated rings. The predicted octanol–water partition coefficient (Wildman–Crippen LogP) is 3.51. The van der Waals surface area contributed by atoms with Crippen molar-refractivity contribution in [2.45, 2.75) is 105 Å². The van der Waals surface area contributed by atoms with Gasteiger partial charge in [0.2, 0.25) is 0 Å². The van der Waals surface area contributed by atoms with Gasteiger partial charge >= 0.3 is 23.9 Å². The molecular weight excluding hydrogens is 518 g/mol. The summed E-state index contributed by atoms with van der Waals surface area (Å²) in [5, 5.41) is 27.1. The van der Waals surface area contributed by atoms with E-state index in [2.05, 4.69) is 39.5 Å². The molecule has 0 aliphatic carbocycles. The van der Waals surface area contributed by atoms with Gasteiger partial charge in [-0.25, -0.2) is 0 Å². The summed E-state index contributed by atoms with van der Waals surface area (Å²) in [6.07, 6.45) is 4.70. The van der Waals surface area contributed by atoms with Crippen LogP contribution in [0.1, 0.15) is 87.0 Å². The lowest BCUT2D eigenvalue weighted by Gasteiger charge is -2.40. The number of hydrogen-bond donors (Lipinski definition) is 3. The van der Waals surface area contributed by atoms with E-state index >= 15 is 0 Å². The van der Waals surface area contributed by atoms with Gasteiger partial charge in [-0.05, 0) is 31.1 Å². The molecule has 1 heterocycles. The Morgan fingerprint density at radius 3 is 1.88 bits per heavy atom. The van der Waals surface area contributed by atoms with E-state index in [-0.39, 0.29) is 56.8 Å². The molecular formula is C29H55N3O8. The first kappa shape index (κ1) is 37.8. The van der Waals surface area contributed by atoms with Gasteiger partial charge in [-0.3, -0.25) is 33.9 Å². The first-order valence-electron chi connectivity index (χ1n) is 14.9. The van der Waals surface area contributed by atoms with Crippen molar-refractivity contribution in [2.75, 3.05) is 45.9 Å². The summed E-state index contributed by atoms with van der Waals surface area (Å²) in [4.78, 5) is 51.3. The second-order valence-electron chi connectivity index (χ2n) is 10.7. The predicted molar refractivity (Wildman–Crippen MR) is 154 cm³/mol. The van der Waals surface area contributed by atoms with Crippen molar-refractivity contribution in [3.05, 3.63) is 0 Å². The molecule has 0 radical (unpaired) electrons. The van der Waals surface area contributed by atoms with Crippen LogP contribution in [0.15, 0.2) is 0 Å². The Morgan fingerprint density at radius 2 is 1.45 bits per heavy atom. The largest absolute Gasteiger partial charge is 0.481 e. The second-order valence-corrected chi connectivity index (χ2v) is 10.7. The van der Waals surface area contributed by atoms with Gasteiger partial charge in [0.1, 0.15) is 6.61 Å². The fourth-order valence-corrected chi connectivity index (χ4v) is 5.25. The average molecular weight is 574 g/mol. The van der Waals surface area contributed by atoms with Gasteiger partial charge in [-0.15, -0.1) is 0 Å². The molecule has 0 amide bonds. The molecule has 0 saturated carbocycles. The molecule has 4 unspecified atom stereocenters. The van der Waals surface area contributed by atoms with Gasteiger partial charge in [0.15, 0.2) is 0 Å². The number of rotatable bonds is 18. The fraction of sp³-hybridized carbons (Fsp3) is 0.862. The van der Waals surface area contributed by atoms with Crippen LogP contribution in [0.5, 0.6) is 0 Å². The molecule has 0 aromatic carbocycles. The van der Waals surface area contributed by atoms with Crippen molar-refractivity contribution in [3.8, 4) is 0 Å². The van der Waals surface area contributed by atoms with Gasteiger partial charge in [0.25, 0.3) is 0 Å². The number of nitrogens with zero attached hydrogens (tertiary/aromatic N) is 3. The van der Waals surface area contributed by atoms with Crippen LogP contribution in [0.25, 0.3) is 0 Å². The number of carboxylic acid groups (broad SMARTS) is 3. The number of ether oxygens (including phenoxy) is 1. The third-order valence-electron chi connectivity index (χ3n) is 8.04. The molecule has 1 aliphatic rings. The number of carboxylic acids is 3. The zero-order valence-corrected chi connectivity index (χ0v) is 25.8. The van der Waals surface area contributed by atoms with Crippen LogP contribution in [-0.4, -0.2) is 118 Å². The standard InChI is InChI=1S/C26H49N3O6.C3H6O2/c1-7-19(6)20(8-2)12-27(15-24(30)31)22(11-5)13-28(16-25(32)33)23-14-29(21(9-3)10-4)17-26(34)35-18-23;1-2-3(4)5/h19-23H,7-18H2,1-6H3,(H,30,31)(H,32,33);2H2,1H3,(H,4,5). The highest BCUT2D eigenvalue weighted by atomic mass is 16.5. The van der Waals surface area contributed by atoms with E-state index in [0.717, 1.165) is 25.7 Å². The second kappa shape index (κ2) is 20.6. The van der Waals surface area contributed by atoms with Crippen LogP contribution in [0.3, 0.4) is 0 Å². The molecule has 1 rings (SSSR count). The van der Waals surface area contributed by atoms with Crippen molar-refractivity contribution in [1.82, 2.24) is 14.7 Å². The zero-order valence-electron chi connectivity index (χ0n) is 25.8. The number of esters is 1. The molecule has 0 spiro atoms. The molecule has 11 heteroatoms. The molecule has 3 N–H and O–H groups in total. The van der Waals surface area contributed by atoms with Crippen LogP contribution in [-0.2, 0) is 23.9 Å². The maximum absolute atomic E-state index is 12.3. The molecule has 40 heavy (non-hydrogen) atoms. The van der Waals surface area contributed by atoms with Crippen molar-refractivity contribution >= 4 is 23.9 Å². The third-order valence-corrected chi connectivity index (χ3v) is 8.04. The van der Waals surface area contributed by atoms with Gasteiger partial charge < -0.3 is 20.1 Å². The molecule has 0 bridgehead atoms. The van der Waals surface area contributed by atoms with E-state index < -0.39 is 17.9 Å². The van der Waals surface area contributed by atoms with E-state index in [1.807, 2.05) is 16.7 Å². The fourth-order valence-electron chi connectivity index (χ4n) is 5.25. The zero-order chi connectivity index (χ0) is 30.8. The summed E-state index contributed by atoms with van der Waals surface area (Å²) in [7, 11) is 0. The van der Waals surface area contributed by atoms with Gasteiger partial charge in [-0.2, -0.15) is 0 Å². The summed E-state index contributed by atoms with van der Waals surface area (Å²) in [5.74, 6) is -2.02. The molecule has 0 aromatic heterocycles. The van der Waals surface area contributed by atoms with E-state index in [1.54, 1.807) is 6.92 Å². The SMILES string of the molecule is CCC(=O)O.CCC(C)C(CC)CN(CC(=O)O)C(CC)CN(CC(=O)O)C1COC(=O)CN(C(CC)CC)C1. The number of carbonyl (C=O) groups excluding carboxylic acids is 1. The number of hydrogen-bond acceptors (Lipinski definition) is 8. The molecule has 234 valence electrons. The topological polar surface area (TPSA) is 148 Å². The third kappa shape index (κ3) is 14.4. The highest BCUT2D eigenvalue weighted by molar-refractivity contribution is 5.72. The lowest BCUT2D eigenvalue weighted by atomic mass is 9.88. The molecule has 0 aromatic rings. The van der Waals surface area contributed by atoms with Gasteiger partial charge in [-0.1, -0.05) is 61.3 Å². The van der Waals surface area contributed by atoms with E-state index in [9.17, 15) is 29.4 Å². The monoisotopic (exact) mass is 573 g/mol. The lowest BCUT2D eigenvalue weighted by Crippen LogP contribution is -2.54. The molecule has 1 aliphatic heterocycles. The Hall–Kier alpha value is -2.24. The van der Waals surface area contributed by atoms with Gasteiger partial charge in [0.05, 0.1) is 25.7 Å². The summed E-state index contributed by atoms with van der Waals surface area (Å²) < 4.78 is 5.49. The Bertz CT molecular complexity index is 762. The number of carbonyl (C=O) groups is 4. The minimum absolute atomic E-state index is 0.0775. The first-order valence-corrected chi connectivity index (χ1v) is 14.9. The van der Waals surface area contributed by atoms with Crippen molar-refractivity contribution in [1.29, 1.82) is 0 Å². The summed E-state index contributed by atoms with van der Waals surface area (Å²) in [6.45, 7) is 16.0. The molecule has 4 atom stereocenters. The summed E-state index contributed by atoms with van der Waals surface area (Å²) in [5.41, 5.74) is 0. The molecule has 11 nitrogen and oxygen atoms in total. The average Bonchev–Trinajstić information content (AvgIpc) is 3.10. The van der Waals surface area contributed by atoms with Crippen LogP contribution in [0, 0.1) is 11.8 Å². The lowest BCUT2D eigenvalue weighted by molar-refractivity contribution is -0.145. The van der Waals surface area contributed by atoms with Crippen molar-refractivity contribution < 1.29 is 39.2 Å². The maximum Gasteiger partial charge on any atom is 0.320 e. The van der Waals surface area contributed by atoms with Crippen molar-refractivity contribution in [3.63, 3.8) is 0 Å². The summed E-state index contributed by atoms with van der Waals surface area (Å²) >= 11 is 0. The van der Waals surface area contributed by atoms with E-state index in [1.165, 1.54) is 0 Å². The van der Waals surface area contributed by atoms with Crippen LogP contribution in [0.2, 0.25) is 0 Å². The minimum atomic E-state index is -0.944. The Kier molecular flexibility index (Phi) is 19.5. The number of cyclic esters (lactones) is 1. The molecule has 1 saturated heterocycles. The summed E-state index contributed by atoms with van der Waals surface area (Å²) in [6, 6.07) is -0.166. The highest BCUT2D eigenvalue weighted by Gasteiger charge is 2.34. The number of aliphatic carboxylic acids is 3. The quantitative estimate of drug-likeness (QED) is 0.207. The highest BCUT2D eigenvalue weighted by Crippen LogP contribution is 2.23. The van der Waals surface area contributed by atoms with Crippen molar-refractivity contribution in [2.24, 2.45) is 11.8 Å².